The number of allylic oxidation sites excluding steroid dienone is 2. The van der Waals surface area contributed by atoms with Crippen molar-refractivity contribution in [1.82, 2.24) is 0 Å². The van der Waals surface area contributed by atoms with Gasteiger partial charge in [0.05, 0.1) is 14.2 Å². The van der Waals surface area contributed by atoms with Gasteiger partial charge in [0.2, 0.25) is 0 Å². The number of carbonyl (C=O) groups is 1. The van der Waals surface area contributed by atoms with Gasteiger partial charge in [0.25, 0.3) is 0 Å². The van der Waals surface area contributed by atoms with Gasteiger partial charge in [0.1, 0.15) is 50.7 Å². The zero-order valence-electron chi connectivity index (χ0n) is 23.8. The number of aliphatic hydroxyl groups excluding tert-OH is 1. The molecule has 0 unspecified atom stereocenters. The van der Waals surface area contributed by atoms with E-state index >= 15 is 0 Å². The minimum Gasteiger partial charge on any atom is -0.496 e. The van der Waals surface area contributed by atoms with Crippen LogP contribution in [0.5, 0.6) is 11.5 Å². The number of rotatable bonds is 14. The number of benzene rings is 2. The maximum Gasteiger partial charge on any atom is 0.150 e. The molecule has 1 N–H and O–H groups in total. The minimum atomic E-state index is -0.883. The lowest BCUT2D eigenvalue weighted by molar-refractivity contribution is -0.0167. The molecule has 0 heterocycles. The lowest BCUT2D eigenvalue weighted by atomic mass is 9.99. The predicted molar refractivity (Wildman–Crippen MR) is 156 cm³/mol. The van der Waals surface area contributed by atoms with Gasteiger partial charge in [-0.1, -0.05) is 54.2 Å². The fourth-order valence-electron chi connectivity index (χ4n) is 3.22. The topological polar surface area (TPSA) is 92.7 Å². The first-order chi connectivity index (χ1) is 19.5. The Kier molecular flexibility index (Phi) is 21.8. The van der Waals surface area contributed by atoms with Gasteiger partial charge in [-0.25, -0.2) is 0 Å². The summed E-state index contributed by atoms with van der Waals surface area (Å²) in [5, 5.41) is 10.2. The summed E-state index contributed by atoms with van der Waals surface area (Å²) in [6.07, 6.45) is 9.57. The third kappa shape index (κ3) is 14.3. The Labute approximate surface area is 238 Å². The number of hydrogen-bond donors (Lipinski definition) is 1. The van der Waals surface area contributed by atoms with E-state index in [2.05, 4.69) is 40.4 Å². The summed E-state index contributed by atoms with van der Waals surface area (Å²) in [5.74, 6) is 9.26. The molecule has 8 nitrogen and oxygen atoms in total. The van der Waals surface area contributed by atoms with Crippen LogP contribution in [0.2, 0.25) is 0 Å². The van der Waals surface area contributed by atoms with E-state index in [1.54, 1.807) is 52.7 Å². The van der Waals surface area contributed by atoms with Crippen molar-refractivity contribution in [2.24, 2.45) is 0 Å². The lowest BCUT2D eigenvalue weighted by Crippen LogP contribution is -2.03. The predicted octanol–water partition coefficient (Wildman–Crippen LogP) is 4.56. The van der Waals surface area contributed by atoms with E-state index in [0.717, 1.165) is 34.5 Å². The summed E-state index contributed by atoms with van der Waals surface area (Å²) in [5.41, 5.74) is 3.18. The molecular formula is C32H40O8. The number of hydrogen-bond acceptors (Lipinski definition) is 8. The molecule has 0 spiro atoms. The summed E-state index contributed by atoms with van der Waals surface area (Å²) in [4.78, 5) is 10.7. The Hall–Kier alpha value is -3.89. The zero-order chi connectivity index (χ0) is 30.0. The molecule has 0 amide bonds. The van der Waals surface area contributed by atoms with Crippen LogP contribution in [0.1, 0.15) is 33.2 Å². The van der Waals surface area contributed by atoms with Crippen molar-refractivity contribution in [2.75, 3.05) is 55.2 Å². The van der Waals surface area contributed by atoms with E-state index in [1.165, 1.54) is 0 Å². The Morgan fingerprint density at radius 1 is 0.875 bits per heavy atom. The number of carbonyl (C=O) groups excluding carboxylic acids is 1. The summed E-state index contributed by atoms with van der Waals surface area (Å²) < 4.78 is 29.4. The highest BCUT2D eigenvalue weighted by Gasteiger charge is 2.13. The highest BCUT2D eigenvalue weighted by molar-refractivity contribution is 5.78. The van der Waals surface area contributed by atoms with Gasteiger partial charge in [-0.3, -0.25) is 4.79 Å². The van der Waals surface area contributed by atoms with Crippen LogP contribution < -0.4 is 9.47 Å². The SMILES string of the molecule is C#CCOCOC.C=CCc1c(C=O)cccc1OC.C=CCc1c(OC)cccc1[C@@H](O)C#CCOCOC. The van der Waals surface area contributed by atoms with Crippen LogP contribution in [0.15, 0.2) is 61.7 Å². The Morgan fingerprint density at radius 3 is 1.95 bits per heavy atom. The molecule has 2 aromatic carbocycles. The Bertz CT molecular complexity index is 1110. The Balaban J connectivity index is 0.000000649. The molecule has 0 aromatic heterocycles. The van der Waals surface area contributed by atoms with Crippen LogP contribution in [-0.2, 0) is 31.8 Å². The number of methoxy groups -OCH3 is 4. The summed E-state index contributed by atoms with van der Waals surface area (Å²) in [6.45, 7) is 8.37. The number of aldehydes is 1. The molecule has 1 atom stereocenters. The standard InChI is InChI=1S/C16H20O4.C11H12O2.C5H8O2/c1-4-7-14-13(8-5-10-16(14)19-3)15(17)9-6-11-20-12-18-2;1-3-5-10-9(8-12)6-4-7-11(10)13-2;1-3-4-7-5-6-2/h4-5,8,10,15,17H,1,7,11-12H2,2-3H3;3-4,6-8H,1,5H2,2H3;1H,4-5H2,2H3/t15-;;/m0../s1. The minimum absolute atomic E-state index is 0.186. The second kappa shape index (κ2) is 24.2. The molecule has 0 aliphatic carbocycles. The van der Waals surface area contributed by atoms with Gasteiger partial charge in [-0.15, -0.1) is 19.6 Å². The van der Waals surface area contributed by atoms with Crippen molar-refractivity contribution >= 4 is 6.29 Å². The van der Waals surface area contributed by atoms with Crippen molar-refractivity contribution < 1.29 is 38.3 Å². The van der Waals surface area contributed by atoms with Crippen molar-refractivity contribution in [3.63, 3.8) is 0 Å². The van der Waals surface area contributed by atoms with E-state index in [0.29, 0.717) is 25.0 Å². The van der Waals surface area contributed by atoms with Crippen LogP contribution in [0.3, 0.4) is 0 Å². The van der Waals surface area contributed by atoms with E-state index in [9.17, 15) is 9.90 Å². The largest absolute Gasteiger partial charge is 0.496 e. The van der Waals surface area contributed by atoms with Crippen molar-refractivity contribution in [3.05, 3.63) is 84.0 Å². The van der Waals surface area contributed by atoms with Crippen molar-refractivity contribution in [3.8, 4) is 35.7 Å². The van der Waals surface area contributed by atoms with Gasteiger partial charge < -0.3 is 33.5 Å². The highest BCUT2D eigenvalue weighted by Crippen LogP contribution is 2.27. The molecule has 0 aliphatic heterocycles. The van der Waals surface area contributed by atoms with Gasteiger partial charge in [0, 0.05) is 30.9 Å². The van der Waals surface area contributed by atoms with E-state index in [4.69, 9.17) is 25.4 Å². The maximum atomic E-state index is 10.7. The molecule has 2 aromatic rings. The van der Waals surface area contributed by atoms with E-state index < -0.39 is 6.10 Å². The first-order valence-electron chi connectivity index (χ1n) is 12.2. The molecule has 0 bridgehead atoms. The van der Waals surface area contributed by atoms with Gasteiger partial charge in [0.15, 0.2) is 0 Å². The fraction of sp³-hybridized carbons (Fsp3) is 0.344. The second-order valence-corrected chi connectivity index (χ2v) is 7.60. The van der Waals surface area contributed by atoms with Crippen LogP contribution in [-0.4, -0.2) is 66.6 Å². The molecule has 216 valence electrons. The van der Waals surface area contributed by atoms with Crippen LogP contribution >= 0.6 is 0 Å². The van der Waals surface area contributed by atoms with Crippen LogP contribution in [0, 0.1) is 24.2 Å². The molecule has 0 fully saturated rings. The average molecular weight is 553 g/mol. The fourth-order valence-corrected chi connectivity index (χ4v) is 3.22. The molecule has 2 rings (SSSR count). The average Bonchev–Trinajstić information content (AvgIpc) is 2.98. The van der Waals surface area contributed by atoms with Gasteiger partial charge in [-0.2, -0.15) is 0 Å². The normalized spacial score (nSPS) is 10.1. The number of terminal acetylenes is 1. The molecule has 0 saturated heterocycles. The molecule has 0 aliphatic rings. The summed E-state index contributed by atoms with van der Waals surface area (Å²) in [7, 11) is 6.29. The van der Waals surface area contributed by atoms with E-state index in [1.807, 2.05) is 24.3 Å². The first kappa shape index (κ1) is 36.1. The maximum absolute atomic E-state index is 10.7. The number of aliphatic hydroxyl groups is 1. The quantitative estimate of drug-likeness (QED) is 0.120. The van der Waals surface area contributed by atoms with Gasteiger partial charge in [-0.05, 0) is 30.5 Å². The lowest BCUT2D eigenvalue weighted by Gasteiger charge is -2.14. The van der Waals surface area contributed by atoms with Crippen LogP contribution in [0.4, 0.5) is 0 Å². The molecule has 40 heavy (non-hydrogen) atoms. The molecule has 8 heteroatoms. The van der Waals surface area contributed by atoms with Crippen molar-refractivity contribution in [1.29, 1.82) is 0 Å². The Morgan fingerprint density at radius 2 is 1.43 bits per heavy atom. The summed E-state index contributed by atoms with van der Waals surface area (Å²) >= 11 is 0. The third-order valence-electron chi connectivity index (χ3n) is 4.90. The first-order valence-corrected chi connectivity index (χ1v) is 12.2. The summed E-state index contributed by atoms with van der Waals surface area (Å²) in [6, 6.07) is 10.9. The molecular weight excluding hydrogens is 512 g/mol. The third-order valence-corrected chi connectivity index (χ3v) is 4.90. The number of ether oxygens (including phenoxy) is 6. The zero-order valence-corrected chi connectivity index (χ0v) is 23.8. The van der Waals surface area contributed by atoms with E-state index in [-0.39, 0.29) is 20.2 Å². The highest BCUT2D eigenvalue weighted by atomic mass is 16.7. The smallest absolute Gasteiger partial charge is 0.150 e. The monoisotopic (exact) mass is 552 g/mol. The molecule has 0 saturated carbocycles. The second-order valence-electron chi connectivity index (χ2n) is 7.60. The van der Waals surface area contributed by atoms with Crippen molar-refractivity contribution in [2.45, 2.75) is 18.9 Å². The van der Waals surface area contributed by atoms with Crippen LogP contribution in [0.25, 0.3) is 0 Å². The van der Waals surface area contributed by atoms with Gasteiger partial charge >= 0.3 is 0 Å². The molecule has 0 radical (unpaired) electrons.